The normalized spacial score (nSPS) is 12.1. The highest BCUT2D eigenvalue weighted by Crippen LogP contribution is 2.24. The number of amides is 1. The SMILES string of the molecule is O=C(NC(CCO)c1ccccc1F)c1cc2cc(-c3cn[nH]c3)ccc2cn1. The molecule has 0 aliphatic heterocycles. The number of benzene rings is 2. The van der Waals surface area contributed by atoms with Crippen molar-refractivity contribution in [1.29, 1.82) is 0 Å². The van der Waals surface area contributed by atoms with Crippen molar-refractivity contribution in [3.63, 3.8) is 0 Å². The molecule has 0 saturated carbocycles. The van der Waals surface area contributed by atoms with Gasteiger partial charge in [-0.1, -0.05) is 30.3 Å². The first-order valence-corrected chi connectivity index (χ1v) is 9.21. The lowest BCUT2D eigenvalue weighted by atomic mass is 10.0. The van der Waals surface area contributed by atoms with Crippen LogP contribution in [0.25, 0.3) is 21.9 Å². The van der Waals surface area contributed by atoms with E-state index in [9.17, 15) is 14.3 Å². The first kappa shape index (κ1) is 18.8. The molecule has 0 radical (unpaired) electrons. The molecule has 4 rings (SSSR count). The van der Waals surface area contributed by atoms with E-state index in [4.69, 9.17) is 0 Å². The number of hydrogen-bond donors (Lipinski definition) is 3. The molecule has 146 valence electrons. The summed E-state index contributed by atoms with van der Waals surface area (Å²) in [7, 11) is 0. The van der Waals surface area contributed by atoms with Crippen molar-refractivity contribution in [2.24, 2.45) is 0 Å². The van der Waals surface area contributed by atoms with Crippen LogP contribution in [0.3, 0.4) is 0 Å². The number of pyridine rings is 1. The number of halogens is 1. The molecule has 0 saturated heterocycles. The molecule has 2 heterocycles. The molecule has 1 unspecified atom stereocenters. The van der Waals surface area contributed by atoms with E-state index in [-0.39, 0.29) is 18.7 Å². The zero-order valence-electron chi connectivity index (χ0n) is 15.5. The van der Waals surface area contributed by atoms with Crippen molar-refractivity contribution < 1.29 is 14.3 Å². The third-order valence-electron chi connectivity index (χ3n) is 4.79. The van der Waals surface area contributed by atoms with Gasteiger partial charge < -0.3 is 10.4 Å². The molecule has 7 heteroatoms. The van der Waals surface area contributed by atoms with E-state index >= 15 is 0 Å². The minimum Gasteiger partial charge on any atom is -0.396 e. The molecular formula is C22H19FN4O2. The Kier molecular flexibility index (Phi) is 5.31. The summed E-state index contributed by atoms with van der Waals surface area (Å²) in [6.07, 6.45) is 5.35. The Morgan fingerprint density at radius 2 is 1.97 bits per heavy atom. The smallest absolute Gasteiger partial charge is 0.270 e. The molecular weight excluding hydrogens is 371 g/mol. The largest absolute Gasteiger partial charge is 0.396 e. The number of carbonyl (C=O) groups is 1. The van der Waals surface area contributed by atoms with Crippen molar-refractivity contribution in [3.05, 3.63) is 84.2 Å². The summed E-state index contributed by atoms with van der Waals surface area (Å²) < 4.78 is 14.1. The lowest BCUT2D eigenvalue weighted by molar-refractivity contribution is 0.0924. The van der Waals surface area contributed by atoms with Crippen LogP contribution in [0.2, 0.25) is 0 Å². The summed E-state index contributed by atoms with van der Waals surface area (Å²) >= 11 is 0. The lowest BCUT2D eigenvalue weighted by Gasteiger charge is -2.18. The fourth-order valence-corrected chi connectivity index (χ4v) is 3.28. The number of aromatic nitrogens is 3. The molecule has 1 atom stereocenters. The number of aliphatic hydroxyl groups is 1. The number of aromatic amines is 1. The van der Waals surface area contributed by atoms with Gasteiger partial charge in [0.05, 0.1) is 12.2 Å². The molecule has 2 aromatic carbocycles. The predicted octanol–water partition coefficient (Wildman–Crippen LogP) is 3.62. The van der Waals surface area contributed by atoms with Crippen LogP contribution in [0.5, 0.6) is 0 Å². The number of nitrogens with zero attached hydrogens (tertiary/aromatic N) is 2. The Morgan fingerprint density at radius 3 is 2.72 bits per heavy atom. The summed E-state index contributed by atoms with van der Waals surface area (Å²) in [4.78, 5) is 17.0. The van der Waals surface area contributed by atoms with Crippen molar-refractivity contribution >= 4 is 16.7 Å². The predicted molar refractivity (Wildman–Crippen MR) is 108 cm³/mol. The highest BCUT2D eigenvalue weighted by atomic mass is 19.1. The van der Waals surface area contributed by atoms with E-state index < -0.39 is 17.8 Å². The van der Waals surface area contributed by atoms with Gasteiger partial charge in [0.15, 0.2) is 0 Å². The minimum atomic E-state index is -0.650. The van der Waals surface area contributed by atoms with Gasteiger partial charge in [0, 0.05) is 35.5 Å². The summed E-state index contributed by atoms with van der Waals surface area (Å²) in [6.45, 7) is -0.182. The molecule has 1 amide bonds. The number of hydrogen-bond acceptors (Lipinski definition) is 4. The van der Waals surface area contributed by atoms with Crippen molar-refractivity contribution in [2.45, 2.75) is 12.5 Å². The fraction of sp³-hybridized carbons (Fsp3) is 0.136. The second kappa shape index (κ2) is 8.20. The fourth-order valence-electron chi connectivity index (χ4n) is 3.28. The van der Waals surface area contributed by atoms with Gasteiger partial charge in [-0.2, -0.15) is 5.10 Å². The number of H-pyrrole nitrogens is 1. The van der Waals surface area contributed by atoms with Gasteiger partial charge in [0.1, 0.15) is 11.5 Å². The van der Waals surface area contributed by atoms with E-state index in [1.165, 1.54) is 6.07 Å². The van der Waals surface area contributed by atoms with Gasteiger partial charge >= 0.3 is 0 Å². The maximum Gasteiger partial charge on any atom is 0.270 e. The van der Waals surface area contributed by atoms with E-state index in [1.807, 2.05) is 18.2 Å². The van der Waals surface area contributed by atoms with E-state index in [1.54, 1.807) is 42.9 Å². The second-order valence-electron chi connectivity index (χ2n) is 6.68. The minimum absolute atomic E-state index is 0.182. The summed E-state index contributed by atoms with van der Waals surface area (Å²) in [5.74, 6) is -0.857. The summed E-state index contributed by atoms with van der Waals surface area (Å²) in [6, 6.07) is 13.1. The maximum absolute atomic E-state index is 14.1. The number of aliphatic hydroxyl groups excluding tert-OH is 1. The zero-order chi connectivity index (χ0) is 20.2. The van der Waals surface area contributed by atoms with Crippen LogP contribution in [-0.2, 0) is 0 Å². The molecule has 2 aromatic heterocycles. The van der Waals surface area contributed by atoms with Crippen LogP contribution in [0.15, 0.2) is 67.1 Å². The van der Waals surface area contributed by atoms with Gasteiger partial charge in [0.25, 0.3) is 5.91 Å². The number of rotatable bonds is 6. The molecule has 0 spiro atoms. The molecule has 0 bridgehead atoms. The Balaban J connectivity index is 1.62. The average Bonchev–Trinajstić information content (AvgIpc) is 3.28. The van der Waals surface area contributed by atoms with Crippen LogP contribution in [0, 0.1) is 5.82 Å². The van der Waals surface area contributed by atoms with Crippen molar-refractivity contribution in [2.75, 3.05) is 6.61 Å². The molecule has 0 aliphatic carbocycles. The number of nitrogens with one attached hydrogen (secondary N) is 2. The summed E-state index contributed by atoms with van der Waals surface area (Å²) in [5.41, 5.74) is 2.46. The van der Waals surface area contributed by atoms with E-state index in [0.717, 1.165) is 21.9 Å². The Labute approximate surface area is 166 Å². The van der Waals surface area contributed by atoms with Gasteiger partial charge in [-0.3, -0.25) is 14.9 Å². The lowest BCUT2D eigenvalue weighted by Crippen LogP contribution is -2.30. The molecule has 29 heavy (non-hydrogen) atoms. The van der Waals surface area contributed by atoms with Crippen LogP contribution in [0.1, 0.15) is 28.5 Å². The molecule has 0 fully saturated rings. The molecule has 0 aliphatic rings. The average molecular weight is 390 g/mol. The van der Waals surface area contributed by atoms with Crippen LogP contribution in [-0.4, -0.2) is 32.8 Å². The number of carbonyl (C=O) groups excluding carboxylic acids is 1. The first-order valence-electron chi connectivity index (χ1n) is 9.21. The molecule has 3 N–H and O–H groups in total. The first-order chi connectivity index (χ1) is 14.2. The number of fused-ring (bicyclic) bond motifs is 1. The topological polar surface area (TPSA) is 90.9 Å². The standard InChI is InChI=1S/C22H19FN4O2/c23-19-4-2-1-3-18(19)20(7-8-28)27-22(29)21-10-16-9-14(17-12-25-26-13-17)5-6-15(16)11-24-21/h1-6,9-13,20,28H,7-8H2,(H,25,26)(H,27,29). The third kappa shape index (κ3) is 4.00. The zero-order valence-corrected chi connectivity index (χ0v) is 15.5. The Hall–Kier alpha value is -3.58. The van der Waals surface area contributed by atoms with E-state index in [2.05, 4.69) is 20.5 Å². The van der Waals surface area contributed by atoms with Crippen molar-refractivity contribution in [1.82, 2.24) is 20.5 Å². The molecule has 6 nitrogen and oxygen atoms in total. The third-order valence-corrected chi connectivity index (χ3v) is 4.79. The van der Waals surface area contributed by atoms with Gasteiger partial charge in [-0.15, -0.1) is 0 Å². The van der Waals surface area contributed by atoms with Gasteiger partial charge in [-0.25, -0.2) is 4.39 Å². The monoisotopic (exact) mass is 390 g/mol. The van der Waals surface area contributed by atoms with Crippen LogP contribution in [0.4, 0.5) is 4.39 Å². The van der Waals surface area contributed by atoms with Gasteiger partial charge in [-0.05, 0) is 35.6 Å². The quantitative estimate of drug-likeness (QED) is 0.469. The summed E-state index contributed by atoms with van der Waals surface area (Å²) in [5, 5.41) is 20.6. The van der Waals surface area contributed by atoms with Crippen molar-refractivity contribution in [3.8, 4) is 11.1 Å². The van der Waals surface area contributed by atoms with E-state index in [0.29, 0.717) is 5.56 Å². The maximum atomic E-state index is 14.1. The Morgan fingerprint density at radius 1 is 1.10 bits per heavy atom. The molecule has 4 aromatic rings. The van der Waals surface area contributed by atoms with Crippen LogP contribution >= 0.6 is 0 Å². The Bertz CT molecular complexity index is 1140. The second-order valence-corrected chi connectivity index (χ2v) is 6.68. The van der Waals surface area contributed by atoms with Gasteiger partial charge in [0.2, 0.25) is 0 Å². The van der Waals surface area contributed by atoms with Crippen LogP contribution < -0.4 is 5.32 Å². The highest BCUT2D eigenvalue weighted by Gasteiger charge is 2.19. The highest BCUT2D eigenvalue weighted by molar-refractivity contribution is 5.97.